The summed E-state index contributed by atoms with van der Waals surface area (Å²) < 4.78 is 0. The Morgan fingerprint density at radius 1 is 0.720 bits per heavy atom. The maximum atomic E-state index is 10.6. The molecule has 1 N–H and O–H groups in total. The average molecular weight is 347 g/mol. The van der Waals surface area contributed by atoms with E-state index in [-0.39, 0.29) is 0 Å². The van der Waals surface area contributed by atoms with E-state index in [1.807, 2.05) is 0 Å². The molecule has 0 unspecified atom stereocenters. The summed E-state index contributed by atoms with van der Waals surface area (Å²) in [6.45, 7) is 2.27. The molecule has 0 aromatic heterocycles. The van der Waals surface area contributed by atoms with Gasteiger partial charge in [-0.1, -0.05) is 89.0 Å². The Labute approximate surface area is 155 Å². The zero-order valence-corrected chi connectivity index (χ0v) is 16.3. The Balaban J connectivity index is 2.10. The van der Waals surface area contributed by atoms with E-state index in [9.17, 15) is 4.79 Å². The van der Waals surface area contributed by atoms with Gasteiger partial charge in [-0.3, -0.25) is 4.79 Å². The second kappa shape index (κ2) is 15.0. The summed E-state index contributed by atoms with van der Waals surface area (Å²) in [5, 5.41) is 8.72. The van der Waals surface area contributed by atoms with Crippen LogP contribution in [-0.4, -0.2) is 11.1 Å². The molecule has 1 aromatic rings. The lowest BCUT2D eigenvalue weighted by atomic mass is 9.96. The summed E-state index contributed by atoms with van der Waals surface area (Å²) in [7, 11) is 0. The van der Waals surface area contributed by atoms with Crippen LogP contribution >= 0.6 is 0 Å². The predicted molar refractivity (Wildman–Crippen MR) is 107 cm³/mol. The van der Waals surface area contributed by atoms with Crippen LogP contribution in [0.4, 0.5) is 0 Å². The van der Waals surface area contributed by atoms with Crippen LogP contribution in [0, 0.1) is 0 Å². The number of hydrogen-bond acceptors (Lipinski definition) is 1. The van der Waals surface area contributed by atoms with Gasteiger partial charge in [0.1, 0.15) is 0 Å². The first-order chi connectivity index (χ1) is 12.2. The Hall–Kier alpha value is -1.31. The van der Waals surface area contributed by atoms with E-state index in [0.717, 1.165) is 19.3 Å². The minimum atomic E-state index is -0.682. The third-order valence-electron chi connectivity index (χ3n) is 5.00. The second-order valence-corrected chi connectivity index (χ2v) is 7.30. The third-order valence-corrected chi connectivity index (χ3v) is 5.00. The van der Waals surface area contributed by atoms with Crippen molar-refractivity contribution in [3.8, 4) is 0 Å². The molecule has 1 aromatic carbocycles. The predicted octanol–water partition coefficient (Wildman–Crippen LogP) is 6.95. The molecule has 0 saturated carbocycles. The summed E-state index contributed by atoms with van der Waals surface area (Å²) in [4.78, 5) is 10.6. The standard InChI is InChI=1S/C23H38O2/c1-2-3-4-5-6-7-8-9-10-11-16-21-17-12-13-18-22(21)19-14-15-20-23(24)25/h12-13,17-18H,2-11,14-16,19-20H2,1H3,(H,24,25). The van der Waals surface area contributed by atoms with E-state index < -0.39 is 5.97 Å². The zero-order chi connectivity index (χ0) is 18.2. The SMILES string of the molecule is CCCCCCCCCCCCc1ccccc1CCCCC(=O)O. The van der Waals surface area contributed by atoms with Gasteiger partial charge >= 0.3 is 5.97 Å². The monoisotopic (exact) mass is 346 g/mol. The quantitative estimate of drug-likeness (QED) is 0.329. The highest BCUT2D eigenvalue weighted by Crippen LogP contribution is 2.17. The summed E-state index contributed by atoms with van der Waals surface area (Å²) in [5.74, 6) is -0.682. The van der Waals surface area contributed by atoms with Crippen LogP contribution in [0.1, 0.15) is 102 Å². The molecular formula is C23H38O2. The third kappa shape index (κ3) is 11.8. The normalized spacial score (nSPS) is 10.9. The summed E-state index contributed by atoms with van der Waals surface area (Å²) in [5.41, 5.74) is 2.89. The molecule has 0 saturated heterocycles. The number of benzene rings is 1. The van der Waals surface area contributed by atoms with Crippen LogP contribution < -0.4 is 0 Å². The van der Waals surface area contributed by atoms with Crippen molar-refractivity contribution in [2.75, 3.05) is 0 Å². The van der Waals surface area contributed by atoms with Crippen LogP contribution in [0.15, 0.2) is 24.3 Å². The van der Waals surface area contributed by atoms with E-state index in [2.05, 4.69) is 31.2 Å². The van der Waals surface area contributed by atoms with Crippen molar-refractivity contribution in [3.63, 3.8) is 0 Å². The van der Waals surface area contributed by atoms with Crippen molar-refractivity contribution in [3.05, 3.63) is 35.4 Å². The first-order valence-electron chi connectivity index (χ1n) is 10.5. The molecule has 2 nitrogen and oxygen atoms in total. The smallest absolute Gasteiger partial charge is 0.303 e. The molecule has 1 rings (SSSR count). The van der Waals surface area contributed by atoms with Gasteiger partial charge in [-0.2, -0.15) is 0 Å². The number of hydrogen-bond donors (Lipinski definition) is 1. The fourth-order valence-electron chi connectivity index (χ4n) is 3.44. The molecular weight excluding hydrogens is 308 g/mol. The van der Waals surface area contributed by atoms with Gasteiger partial charge < -0.3 is 5.11 Å². The lowest BCUT2D eigenvalue weighted by Crippen LogP contribution is -1.98. The van der Waals surface area contributed by atoms with Gasteiger partial charge in [0.25, 0.3) is 0 Å². The topological polar surface area (TPSA) is 37.3 Å². The van der Waals surface area contributed by atoms with Crippen LogP contribution in [0.5, 0.6) is 0 Å². The van der Waals surface area contributed by atoms with Gasteiger partial charge in [-0.15, -0.1) is 0 Å². The average Bonchev–Trinajstić information content (AvgIpc) is 2.61. The number of carboxylic acid groups (broad SMARTS) is 1. The van der Waals surface area contributed by atoms with Gasteiger partial charge in [-0.05, 0) is 43.2 Å². The van der Waals surface area contributed by atoms with E-state index in [0.29, 0.717) is 6.42 Å². The number of rotatable bonds is 16. The fraction of sp³-hybridized carbons (Fsp3) is 0.696. The van der Waals surface area contributed by atoms with Crippen molar-refractivity contribution in [1.82, 2.24) is 0 Å². The molecule has 25 heavy (non-hydrogen) atoms. The van der Waals surface area contributed by atoms with Crippen molar-refractivity contribution >= 4 is 5.97 Å². The minimum absolute atomic E-state index is 0.292. The zero-order valence-electron chi connectivity index (χ0n) is 16.3. The first-order valence-corrected chi connectivity index (χ1v) is 10.5. The summed E-state index contributed by atoms with van der Waals surface area (Å²) >= 11 is 0. The van der Waals surface area contributed by atoms with E-state index in [4.69, 9.17) is 5.11 Å². The fourth-order valence-corrected chi connectivity index (χ4v) is 3.44. The molecule has 2 heteroatoms. The van der Waals surface area contributed by atoms with E-state index in [1.54, 1.807) is 0 Å². The number of carbonyl (C=O) groups is 1. The number of carboxylic acids is 1. The number of unbranched alkanes of at least 4 members (excludes halogenated alkanes) is 10. The lowest BCUT2D eigenvalue weighted by Gasteiger charge is -2.09. The Kier molecular flexibility index (Phi) is 13.0. The van der Waals surface area contributed by atoms with Crippen LogP contribution in [-0.2, 0) is 17.6 Å². The lowest BCUT2D eigenvalue weighted by molar-refractivity contribution is -0.137. The number of aliphatic carboxylic acids is 1. The van der Waals surface area contributed by atoms with Gasteiger partial charge in [0.05, 0.1) is 0 Å². The Morgan fingerprint density at radius 2 is 1.16 bits per heavy atom. The Morgan fingerprint density at radius 3 is 1.64 bits per heavy atom. The highest BCUT2D eigenvalue weighted by molar-refractivity contribution is 5.66. The summed E-state index contributed by atoms with van der Waals surface area (Å²) in [6, 6.07) is 8.70. The highest BCUT2D eigenvalue weighted by atomic mass is 16.4. The van der Waals surface area contributed by atoms with Gasteiger partial charge in [0.2, 0.25) is 0 Å². The molecule has 0 spiro atoms. The van der Waals surface area contributed by atoms with Gasteiger partial charge in [0, 0.05) is 6.42 Å². The summed E-state index contributed by atoms with van der Waals surface area (Å²) in [6.07, 6.45) is 18.0. The maximum absolute atomic E-state index is 10.6. The van der Waals surface area contributed by atoms with Gasteiger partial charge in [0.15, 0.2) is 0 Å². The van der Waals surface area contributed by atoms with E-state index >= 15 is 0 Å². The molecule has 0 aliphatic carbocycles. The van der Waals surface area contributed by atoms with Crippen LogP contribution in [0.3, 0.4) is 0 Å². The molecule has 0 bridgehead atoms. The largest absolute Gasteiger partial charge is 0.481 e. The minimum Gasteiger partial charge on any atom is -0.481 e. The van der Waals surface area contributed by atoms with Crippen molar-refractivity contribution < 1.29 is 9.90 Å². The molecule has 0 heterocycles. The number of aryl methyl sites for hydroxylation is 2. The van der Waals surface area contributed by atoms with Crippen LogP contribution in [0.2, 0.25) is 0 Å². The molecule has 142 valence electrons. The molecule has 0 aliphatic rings. The van der Waals surface area contributed by atoms with Gasteiger partial charge in [-0.25, -0.2) is 0 Å². The Bertz CT molecular complexity index is 453. The first kappa shape index (κ1) is 21.7. The molecule has 0 radical (unpaired) electrons. The molecule has 0 fully saturated rings. The van der Waals surface area contributed by atoms with E-state index in [1.165, 1.54) is 81.8 Å². The van der Waals surface area contributed by atoms with Crippen molar-refractivity contribution in [2.45, 2.75) is 103 Å². The molecule has 0 aliphatic heterocycles. The maximum Gasteiger partial charge on any atom is 0.303 e. The van der Waals surface area contributed by atoms with Crippen LogP contribution in [0.25, 0.3) is 0 Å². The molecule has 0 amide bonds. The van der Waals surface area contributed by atoms with Crippen molar-refractivity contribution in [2.24, 2.45) is 0 Å². The second-order valence-electron chi connectivity index (χ2n) is 7.30. The van der Waals surface area contributed by atoms with Crippen molar-refractivity contribution in [1.29, 1.82) is 0 Å². The molecule has 0 atom stereocenters. The highest BCUT2D eigenvalue weighted by Gasteiger charge is 2.03.